The Morgan fingerprint density at radius 3 is 2.65 bits per heavy atom. The lowest BCUT2D eigenvalue weighted by atomic mass is 9.95. The molecule has 2 heteroatoms. The van der Waals surface area contributed by atoms with Gasteiger partial charge in [-0.15, -0.1) is 0 Å². The highest BCUT2D eigenvalue weighted by atomic mass is 16.3. The maximum absolute atomic E-state index is 10.0. The molecule has 92 valence electrons. The summed E-state index contributed by atoms with van der Waals surface area (Å²) in [5.74, 6) is 0.379. The topological polar surface area (TPSA) is 32.6 Å². The molecule has 0 spiro atoms. The quantitative estimate of drug-likeness (QED) is 0.771. The summed E-state index contributed by atoms with van der Waals surface area (Å²) in [6.07, 6.45) is 6.33. The number of nitrogens with zero attached hydrogens (tertiary/aromatic N) is 1. The maximum Gasteiger partial charge on any atom is 0.127 e. The van der Waals surface area contributed by atoms with Crippen LogP contribution in [-0.4, -0.2) is 16.9 Å². The van der Waals surface area contributed by atoms with E-state index in [2.05, 4.69) is 0 Å². The van der Waals surface area contributed by atoms with Gasteiger partial charge < -0.3 is 5.11 Å². The van der Waals surface area contributed by atoms with Gasteiger partial charge in [0, 0.05) is 11.3 Å². The van der Waals surface area contributed by atoms with Crippen LogP contribution in [0.5, 0.6) is 5.75 Å². The van der Waals surface area contributed by atoms with Gasteiger partial charge >= 0.3 is 0 Å². The lowest BCUT2D eigenvalue weighted by Gasteiger charge is -2.19. The van der Waals surface area contributed by atoms with Crippen molar-refractivity contribution >= 4 is 5.71 Å². The van der Waals surface area contributed by atoms with Gasteiger partial charge in [0.2, 0.25) is 0 Å². The molecule has 0 radical (unpaired) electrons. The predicted molar refractivity (Wildman–Crippen MR) is 71.9 cm³/mol. The zero-order chi connectivity index (χ0) is 12.3. The van der Waals surface area contributed by atoms with Crippen molar-refractivity contribution in [2.24, 2.45) is 4.99 Å². The number of aromatic hydroxyl groups is 1. The molecule has 1 N–H and O–H groups in total. The van der Waals surface area contributed by atoms with E-state index in [1.165, 1.54) is 32.1 Å². The number of rotatable bonds is 2. The molecular weight excluding hydrogens is 210 g/mol. The molecule has 1 fully saturated rings. The van der Waals surface area contributed by atoms with Crippen LogP contribution in [0, 0.1) is 6.92 Å². The van der Waals surface area contributed by atoms with Crippen LogP contribution in [0.4, 0.5) is 0 Å². The van der Waals surface area contributed by atoms with Crippen LogP contribution < -0.4 is 0 Å². The van der Waals surface area contributed by atoms with Gasteiger partial charge in [-0.2, -0.15) is 0 Å². The van der Waals surface area contributed by atoms with Gasteiger partial charge in [-0.05, 0) is 38.3 Å². The highest BCUT2D eigenvalue weighted by Crippen LogP contribution is 2.25. The molecule has 1 aromatic rings. The van der Waals surface area contributed by atoms with Crippen molar-refractivity contribution in [3.63, 3.8) is 0 Å². The summed E-state index contributed by atoms with van der Waals surface area (Å²) < 4.78 is 0. The van der Waals surface area contributed by atoms with Crippen molar-refractivity contribution in [2.75, 3.05) is 0 Å². The van der Waals surface area contributed by atoms with E-state index in [0.29, 0.717) is 11.8 Å². The van der Waals surface area contributed by atoms with Crippen LogP contribution in [0.1, 0.15) is 50.2 Å². The monoisotopic (exact) mass is 231 g/mol. The van der Waals surface area contributed by atoms with Gasteiger partial charge in [-0.3, -0.25) is 4.99 Å². The van der Waals surface area contributed by atoms with E-state index < -0.39 is 0 Å². The van der Waals surface area contributed by atoms with Crippen LogP contribution in [0.3, 0.4) is 0 Å². The summed E-state index contributed by atoms with van der Waals surface area (Å²) in [5.41, 5.74) is 2.77. The second-order valence-electron chi connectivity index (χ2n) is 4.98. The Hall–Kier alpha value is -1.31. The van der Waals surface area contributed by atoms with Crippen LogP contribution in [-0.2, 0) is 0 Å². The first-order chi connectivity index (χ1) is 8.18. The van der Waals surface area contributed by atoms with Gasteiger partial charge in [-0.25, -0.2) is 0 Å². The molecule has 1 saturated carbocycles. The fourth-order valence-electron chi connectivity index (χ4n) is 2.50. The Kier molecular flexibility index (Phi) is 3.82. The van der Waals surface area contributed by atoms with E-state index in [1.54, 1.807) is 0 Å². The van der Waals surface area contributed by atoms with Gasteiger partial charge in [0.05, 0.1) is 6.04 Å². The first-order valence-electron chi connectivity index (χ1n) is 6.52. The molecule has 2 nitrogen and oxygen atoms in total. The minimum atomic E-state index is 0.379. The summed E-state index contributed by atoms with van der Waals surface area (Å²) in [7, 11) is 0. The van der Waals surface area contributed by atoms with Crippen LogP contribution in [0.15, 0.2) is 23.2 Å². The number of aliphatic imine (C=N–C) groups is 1. The Labute approximate surface area is 103 Å². The van der Waals surface area contributed by atoms with Gasteiger partial charge in [0.1, 0.15) is 5.75 Å². The zero-order valence-corrected chi connectivity index (χ0v) is 10.7. The number of aryl methyl sites for hydroxylation is 1. The molecule has 0 aromatic heterocycles. The zero-order valence-electron chi connectivity index (χ0n) is 10.7. The minimum absolute atomic E-state index is 0.379. The Morgan fingerprint density at radius 2 is 1.94 bits per heavy atom. The molecule has 0 aliphatic heterocycles. The molecule has 17 heavy (non-hydrogen) atoms. The lowest BCUT2D eigenvalue weighted by Crippen LogP contribution is -2.12. The molecule has 1 aliphatic carbocycles. The molecule has 0 unspecified atom stereocenters. The fraction of sp³-hybridized carbons (Fsp3) is 0.533. The number of benzene rings is 1. The van der Waals surface area contributed by atoms with Crippen molar-refractivity contribution in [3.05, 3.63) is 29.3 Å². The van der Waals surface area contributed by atoms with Crippen molar-refractivity contribution in [1.82, 2.24) is 0 Å². The highest BCUT2D eigenvalue weighted by Gasteiger charge is 2.13. The molecule has 0 atom stereocenters. The summed E-state index contributed by atoms with van der Waals surface area (Å²) >= 11 is 0. The van der Waals surface area contributed by atoms with Crippen molar-refractivity contribution in [2.45, 2.75) is 52.0 Å². The second-order valence-corrected chi connectivity index (χ2v) is 4.98. The second kappa shape index (κ2) is 5.35. The SMILES string of the molecule is CC(=NC1CCCCC1)c1cccc(C)c1O. The van der Waals surface area contributed by atoms with E-state index >= 15 is 0 Å². The largest absolute Gasteiger partial charge is 0.507 e. The van der Waals surface area contributed by atoms with E-state index in [1.807, 2.05) is 32.0 Å². The van der Waals surface area contributed by atoms with E-state index in [0.717, 1.165) is 16.8 Å². The summed E-state index contributed by atoms with van der Waals surface area (Å²) in [4.78, 5) is 4.76. The van der Waals surface area contributed by atoms with Crippen LogP contribution in [0.25, 0.3) is 0 Å². The Bertz CT molecular complexity index is 417. The van der Waals surface area contributed by atoms with E-state index in [4.69, 9.17) is 4.99 Å². The van der Waals surface area contributed by atoms with Crippen LogP contribution >= 0.6 is 0 Å². The molecule has 1 aliphatic rings. The van der Waals surface area contributed by atoms with Gasteiger partial charge in [0.25, 0.3) is 0 Å². The third-order valence-corrected chi connectivity index (χ3v) is 3.58. The van der Waals surface area contributed by atoms with Crippen molar-refractivity contribution < 1.29 is 5.11 Å². The molecular formula is C15H21NO. The smallest absolute Gasteiger partial charge is 0.127 e. The third-order valence-electron chi connectivity index (χ3n) is 3.58. The highest BCUT2D eigenvalue weighted by molar-refractivity contribution is 6.01. The first-order valence-corrected chi connectivity index (χ1v) is 6.52. The van der Waals surface area contributed by atoms with Crippen molar-refractivity contribution in [3.8, 4) is 5.75 Å². The Balaban J connectivity index is 2.20. The predicted octanol–water partition coefficient (Wildman–Crippen LogP) is 3.84. The summed E-state index contributed by atoms with van der Waals surface area (Å²) in [6.45, 7) is 3.93. The summed E-state index contributed by atoms with van der Waals surface area (Å²) in [5, 5.41) is 10.0. The molecule has 0 saturated heterocycles. The summed E-state index contributed by atoms with van der Waals surface area (Å²) in [6, 6.07) is 6.31. The van der Waals surface area contributed by atoms with Crippen molar-refractivity contribution in [1.29, 1.82) is 0 Å². The van der Waals surface area contributed by atoms with Gasteiger partial charge in [-0.1, -0.05) is 31.4 Å². The van der Waals surface area contributed by atoms with E-state index in [-0.39, 0.29) is 0 Å². The standard InChI is InChI=1S/C15H21NO/c1-11-7-6-10-14(15(11)17)12(2)16-13-8-4-3-5-9-13/h6-7,10,13,17H,3-5,8-9H2,1-2H3. The molecule has 0 amide bonds. The first kappa shape index (κ1) is 12.2. The normalized spacial score (nSPS) is 18.4. The third kappa shape index (κ3) is 2.87. The average Bonchev–Trinajstić information content (AvgIpc) is 2.34. The number of hydrogen-bond donors (Lipinski definition) is 1. The number of phenols is 1. The average molecular weight is 231 g/mol. The maximum atomic E-state index is 10.0. The van der Waals surface area contributed by atoms with Gasteiger partial charge in [0.15, 0.2) is 0 Å². The molecule has 2 rings (SSSR count). The minimum Gasteiger partial charge on any atom is -0.507 e. The lowest BCUT2D eigenvalue weighted by molar-refractivity contribution is 0.443. The fourth-order valence-corrected chi connectivity index (χ4v) is 2.50. The molecule has 1 aromatic carbocycles. The number of hydrogen-bond acceptors (Lipinski definition) is 2. The molecule has 0 bridgehead atoms. The Morgan fingerprint density at radius 1 is 1.24 bits per heavy atom. The van der Waals surface area contributed by atoms with Crippen LogP contribution in [0.2, 0.25) is 0 Å². The van der Waals surface area contributed by atoms with E-state index in [9.17, 15) is 5.11 Å². The molecule has 0 heterocycles. The number of para-hydroxylation sites is 1. The number of phenolic OH excluding ortho intramolecular Hbond substituents is 1.